The topological polar surface area (TPSA) is 35.2 Å². The van der Waals surface area contributed by atoms with E-state index in [0.717, 1.165) is 19.3 Å². The Labute approximate surface area is 104 Å². The highest BCUT2D eigenvalue weighted by molar-refractivity contribution is 5.56. The van der Waals surface area contributed by atoms with Gasteiger partial charge in [0.05, 0.1) is 5.69 Å². The molecule has 18 heavy (non-hydrogen) atoms. The van der Waals surface area contributed by atoms with Gasteiger partial charge < -0.3 is 10.5 Å². The number of nitrogens with two attached hydrogens (primary N) is 1. The van der Waals surface area contributed by atoms with Gasteiger partial charge in [0.2, 0.25) is 0 Å². The fraction of sp³-hybridized carbons (Fsp3) is 0.385. The van der Waals surface area contributed by atoms with E-state index in [2.05, 4.69) is 16.6 Å². The zero-order chi connectivity index (χ0) is 13.6. The molecule has 98 valence electrons. The van der Waals surface area contributed by atoms with Crippen LogP contribution in [0.15, 0.2) is 18.2 Å². The number of benzene rings is 1. The molecule has 0 bridgehead atoms. The number of anilines is 1. The van der Waals surface area contributed by atoms with Gasteiger partial charge in [-0.05, 0) is 24.6 Å². The van der Waals surface area contributed by atoms with Crippen LogP contribution in [0, 0.1) is 11.8 Å². The molecule has 0 aliphatic carbocycles. The van der Waals surface area contributed by atoms with Crippen LogP contribution < -0.4 is 10.5 Å². The Balaban J connectivity index is 2.82. The van der Waals surface area contributed by atoms with Crippen LogP contribution in [0.1, 0.15) is 31.7 Å². The zero-order valence-electron chi connectivity index (χ0n) is 9.97. The molecule has 0 aliphatic heterocycles. The molecule has 0 saturated carbocycles. The van der Waals surface area contributed by atoms with E-state index in [1.54, 1.807) is 6.07 Å². The summed E-state index contributed by atoms with van der Waals surface area (Å²) in [6, 6.07) is 4.12. The maximum Gasteiger partial charge on any atom is 0.573 e. The molecule has 0 spiro atoms. The van der Waals surface area contributed by atoms with Crippen molar-refractivity contribution in [2.24, 2.45) is 0 Å². The van der Waals surface area contributed by atoms with Crippen molar-refractivity contribution in [1.82, 2.24) is 0 Å². The SMILES string of the molecule is CCCCC#Cc1ccc(N)c(OC(F)(F)F)c1. The lowest BCUT2D eigenvalue weighted by Crippen LogP contribution is -2.18. The molecule has 0 aliphatic rings. The predicted molar refractivity (Wildman–Crippen MR) is 63.9 cm³/mol. The average molecular weight is 257 g/mol. The van der Waals surface area contributed by atoms with E-state index in [9.17, 15) is 13.2 Å². The summed E-state index contributed by atoms with van der Waals surface area (Å²) >= 11 is 0. The number of rotatable bonds is 3. The van der Waals surface area contributed by atoms with E-state index in [1.165, 1.54) is 12.1 Å². The third kappa shape index (κ3) is 5.00. The van der Waals surface area contributed by atoms with Crippen LogP contribution in [0.2, 0.25) is 0 Å². The van der Waals surface area contributed by atoms with E-state index >= 15 is 0 Å². The molecule has 1 aromatic carbocycles. The van der Waals surface area contributed by atoms with Crippen molar-refractivity contribution in [2.45, 2.75) is 32.5 Å². The second kappa shape index (κ2) is 6.20. The second-order valence-corrected chi connectivity index (χ2v) is 3.71. The number of unbranched alkanes of at least 4 members (excludes halogenated alkanes) is 2. The van der Waals surface area contributed by atoms with Gasteiger partial charge in [0, 0.05) is 12.0 Å². The van der Waals surface area contributed by atoms with Crippen LogP contribution in [0.4, 0.5) is 18.9 Å². The Morgan fingerprint density at radius 1 is 1.33 bits per heavy atom. The van der Waals surface area contributed by atoms with Gasteiger partial charge in [0.25, 0.3) is 0 Å². The lowest BCUT2D eigenvalue weighted by molar-refractivity contribution is -0.274. The second-order valence-electron chi connectivity index (χ2n) is 3.71. The summed E-state index contributed by atoms with van der Waals surface area (Å²) < 4.78 is 40.1. The molecule has 0 heterocycles. The summed E-state index contributed by atoms with van der Waals surface area (Å²) in [6.45, 7) is 2.04. The smallest absolute Gasteiger partial charge is 0.404 e. The van der Waals surface area contributed by atoms with Crippen LogP contribution in [0.25, 0.3) is 0 Å². The van der Waals surface area contributed by atoms with E-state index < -0.39 is 12.1 Å². The van der Waals surface area contributed by atoms with Gasteiger partial charge in [-0.2, -0.15) is 0 Å². The summed E-state index contributed by atoms with van der Waals surface area (Å²) in [7, 11) is 0. The van der Waals surface area contributed by atoms with Gasteiger partial charge >= 0.3 is 6.36 Å². The average Bonchev–Trinajstić information content (AvgIpc) is 2.27. The van der Waals surface area contributed by atoms with Gasteiger partial charge in [-0.3, -0.25) is 0 Å². The van der Waals surface area contributed by atoms with Gasteiger partial charge in [-0.15, -0.1) is 13.2 Å². The minimum Gasteiger partial charge on any atom is -0.404 e. The van der Waals surface area contributed by atoms with Crippen molar-refractivity contribution >= 4 is 5.69 Å². The molecule has 0 aromatic heterocycles. The third-order valence-corrected chi connectivity index (χ3v) is 2.13. The third-order valence-electron chi connectivity index (χ3n) is 2.13. The Bertz CT molecular complexity index is 458. The first-order valence-corrected chi connectivity index (χ1v) is 5.56. The summed E-state index contributed by atoms with van der Waals surface area (Å²) in [6.07, 6.45) is -2.04. The molecular formula is C13H14F3NO. The Morgan fingerprint density at radius 3 is 2.67 bits per heavy atom. The van der Waals surface area contributed by atoms with Crippen molar-refractivity contribution in [3.05, 3.63) is 23.8 Å². The highest BCUT2D eigenvalue weighted by atomic mass is 19.4. The Morgan fingerprint density at radius 2 is 2.06 bits per heavy atom. The van der Waals surface area contributed by atoms with Crippen molar-refractivity contribution in [2.75, 3.05) is 5.73 Å². The quantitative estimate of drug-likeness (QED) is 0.509. The van der Waals surface area contributed by atoms with Gasteiger partial charge in [-0.1, -0.05) is 25.2 Å². The molecule has 0 atom stereocenters. The van der Waals surface area contributed by atoms with Crippen LogP contribution >= 0.6 is 0 Å². The maximum absolute atomic E-state index is 12.1. The van der Waals surface area contributed by atoms with Crippen molar-refractivity contribution in [3.8, 4) is 17.6 Å². The molecule has 0 unspecified atom stereocenters. The maximum atomic E-state index is 12.1. The van der Waals surface area contributed by atoms with Crippen LogP contribution in [-0.2, 0) is 0 Å². The zero-order valence-corrected chi connectivity index (χ0v) is 9.97. The highest BCUT2D eigenvalue weighted by Crippen LogP contribution is 2.28. The molecule has 1 aromatic rings. The molecule has 0 saturated heterocycles. The highest BCUT2D eigenvalue weighted by Gasteiger charge is 2.31. The van der Waals surface area contributed by atoms with Gasteiger partial charge in [0.1, 0.15) is 0 Å². The molecule has 2 N–H and O–H groups in total. The van der Waals surface area contributed by atoms with Crippen molar-refractivity contribution < 1.29 is 17.9 Å². The largest absolute Gasteiger partial charge is 0.573 e. The number of nitrogen functional groups attached to an aromatic ring is 1. The van der Waals surface area contributed by atoms with Crippen molar-refractivity contribution in [3.63, 3.8) is 0 Å². The monoisotopic (exact) mass is 257 g/mol. The number of ether oxygens (including phenoxy) is 1. The lowest BCUT2D eigenvalue weighted by atomic mass is 10.2. The first kappa shape index (κ1) is 14.2. The first-order chi connectivity index (χ1) is 8.42. The number of halogens is 3. The normalized spacial score (nSPS) is 10.7. The molecule has 0 amide bonds. The predicted octanol–water partition coefficient (Wildman–Crippen LogP) is 3.71. The van der Waals surface area contributed by atoms with Gasteiger partial charge in [-0.25, -0.2) is 0 Å². The Kier molecular flexibility index (Phi) is 4.90. The van der Waals surface area contributed by atoms with E-state index in [4.69, 9.17) is 5.73 Å². The summed E-state index contributed by atoms with van der Waals surface area (Å²) in [5, 5.41) is 0. The van der Waals surface area contributed by atoms with Gasteiger partial charge in [0.15, 0.2) is 5.75 Å². The van der Waals surface area contributed by atoms with Crippen LogP contribution in [0.3, 0.4) is 0 Å². The standard InChI is InChI=1S/C13H14F3NO/c1-2-3-4-5-6-10-7-8-11(17)12(9-10)18-13(14,15)16/h7-9H,2-4,17H2,1H3. The first-order valence-electron chi connectivity index (χ1n) is 5.56. The molecule has 2 nitrogen and oxygen atoms in total. The van der Waals surface area contributed by atoms with Crippen LogP contribution in [-0.4, -0.2) is 6.36 Å². The van der Waals surface area contributed by atoms with E-state index in [-0.39, 0.29) is 5.69 Å². The lowest BCUT2D eigenvalue weighted by Gasteiger charge is -2.10. The minimum absolute atomic E-state index is 0.0635. The summed E-state index contributed by atoms with van der Waals surface area (Å²) in [5.41, 5.74) is 5.79. The number of alkyl halides is 3. The minimum atomic E-state index is -4.75. The number of hydrogen-bond donors (Lipinski definition) is 1. The Hall–Kier alpha value is -1.83. The molecule has 0 radical (unpaired) electrons. The molecule has 1 rings (SSSR count). The number of hydrogen-bond acceptors (Lipinski definition) is 2. The fourth-order valence-corrected chi connectivity index (χ4v) is 1.25. The van der Waals surface area contributed by atoms with Crippen molar-refractivity contribution in [1.29, 1.82) is 0 Å². The molecule has 0 fully saturated rings. The summed E-state index contributed by atoms with van der Waals surface area (Å²) in [4.78, 5) is 0. The summed E-state index contributed by atoms with van der Waals surface area (Å²) in [5.74, 6) is 5.25. The molecular weight excluding hydrogens is 243 g/mol. The molecule has 5 heteroatoms. The van der Waals surface area contributed by atoms with Crippen LogP contribution in [0.5, 0.6) is 5.75 Å². The van der Waals surface area contributed by atoms with E-state index in [0.29, 0.717) is 5.56 Å². The van der Waals surface area contributed by atoms with E-state index in [1.807, 2.05) is 6.92 Å². The fourth-order valence-electron chi connectivity index (χ4n) is 1.25.